The van der Waals surface area contributed by atoms with E-state index in [9.17, 15) is 13.2 Å². The van der Waals surface area contributed by atoms with E-state index in [2.05, 4.69) is 20.7 Å². The van der Waals surface area contributed by atoms with E-state index >= 15 is 0 Å². The summed E-state index contributed by atoms with van der Waals surface area (Å²) in [6, 6.07) is 10.8. The van der Waals surface area contributed by atoms with Crippen molar-refractivity contribution in [1.29, 1.82) is 0 Å². The summed E-state index contributed by atoms with van der Waals surface area (Å²) in [6.45, 7) is 1.78. The van der Waals surface area contributed by atoms with Crippen LogP contribution in [0.2, 0.25) is 0 Å². The van der Waals surface area contributed by atoms with Crippen LogP contribution in [0.4, 0.5) is 5.69 Å². The summed E-state index contributed by atoms with van der Waals surface area (Å²) in [5.41, 5.74) is 1.13. The third-order valence-corrected chi connectivity index (χ3v) is 5.22. The van der Waals surface area contributed by atoms with Gasteiger partial charge in [-0.25, -0.2) is 13.2 Å². The molecule has 0 spiro atoms. The standard InChI is InChI=1S/C14H12BrNO4S/c1-9-4-2-3-5-12(9)16-21(19,20)13-8-10(14(17)18)6-7-11(13)15/h2-8,16H,1H3,(H,17,18). The third kappa shape index (κ3) is 3.43. The second-order valence-electron chi connectivity index (χ2n) is 4.37. The Morgan fingerprint density at radius 3 is 2.48 bits per heavy atom. The first kappa shape index (κ1) is 15.5. The minimum absolute atomic E-state index is 0.0941. The normalized spacial score (nSPS) is 11.1. The van der Waals surface area contributed by atoms with Gasteiger partial charge in [0.05, 0.1) is 11.3 Å². The number of carbonyl (C=O) groups is 1. The number of hydrogen-bond acceptors (Lipinski definition) is 3. The number of benzene rings is 2. The Balaban J connectivity index is 2.47. The largest absolute Gasteiger partial charge is 0.478 e. The maximum absolute atomic E-state index is 12.4. The number of rotatable bonds is 4. The van der Waals surface area contributed by atoms with E-state index < -0.39 is 16.0 Å². The Labute approximate surface area is 130 Å². The Kier molecular flexibility index (Phi) is 4.34. The summed E-state index contributed by atoms with van der Waals surface area (Å²) in [5.74, 6) is -1.19. The van der Waals surface area contributed by atoms with Gasteiger partial charge >= 0.3 is 5.97 Å². The van der Waals surface area contributed by atoms with Gasteiger partial charge in [-0.2, -0.15) is 0 Å². The van der Waals surface area contributed by atoms with Gasteiger partial charge < -0.3 is 5.11 Å². The van der Waals surface area contributed by atoms with E-state index in [-0.39, 0.29) is 10.5 Å². The van der Waals surface area contributed by atoms with Crippen LogP contribution in [-0.4, -0.2) is 19.5 Å². The molecule has 21 heavy (non-hydrogen) atoms. The third-order valence-electron chi connectivity index (χ3n) is 2.86. The van der Waals surface area contributed by atoms with Gasteiger partial charge in [-0.3, -0.25) is 4.72 Å². The van der Waals surface area contributed by atoms with Crippen molar-refractivity contribution in [3.05, 3.63) is 58.1 Å². The Hall–Kier alpha value is -1.86. The van der Waals surface area contributed by atoms with Gasteiger partial charge in [-0.15, -0.1) is 0 Å². The maximum Gasteiger partial charge on any atom is 0.335 e. The zero-order valence-electron chi connectivity index (χ0n) is 11.0. The van der Waals surface area contributed by atoms with Crippen molar-refractivity contribution in [3.63, 3.8) is 0 Å². The lowest BCUT2D eigenvalue weighted by molar-refractivity contribution is 0.0696. The lowest BCUT2D eigenvalue weighted by Crippen LogP contribution is -2.15. The Morgan fingerprint density at radius 2 is 1.86 bits per heavy atom. The highest BCUT2D eigenvalue weighted by atomic mass is 79.9. The minimum Gasteiger partial charge on any atom is -0.478 e. The second kappa shape index (κ2) is 5.87. The molecule has 0 aliphatic carbocycles. The Morgan fingerprint density at radius 1 is 1.19 bits per heavy atom. The van der Waals surface area contributed by atoms with E-state index in [0.717, 1.165) is 11.6 Å². The van der Waals surface area contributed by atoms with Gasteiger partial charge in [-0.05, 0) is 52.7 Å². The van der Waals surface area contributed by atoms with Gasteiger partial charge in [0, 0.05) is 4.47 Å². The van der Waals surface area contributed by atoms with Crippen LogP contribution in [0, 0.1) is 6.92 Å². The molecule has 0 radical (unpaired) electrons. The molecular formula is C14H12BrNO4S. The molecular weight excluding hydrogens is 358 g/mol. The van der Waals surface area contributed by atoms with Crippen LogP contribution in [0.5, 0.6) is 0 Å². The Bertz CT molecular complexity index is 802. The van der Waals surface area contributed by atoms with Crippen LogP contribution < -0.4 is 4.72 Å². The highest BCUT2D eigenvalue weighted by Crippen LogP contribution is 2.26. The van der Waals surface area contributed by atoms with Crippen molar-refractivity contribution < 1.29 is 18.3 Å². The average molecular weight is 370 g/mol. The van der Waals surface area contributed by atoms with Gasteiger partial charge in [-0.1, -0.05) is 18.2 Å². The summed E-state index contributed by atoms with van der Waals surface area (Å²) < 4.78 is 27.6. The van der Waals surface area contributed by atoms with Crippen molar-refractivity contribution >= 4 is 37.6 Å². The quantitative estimate of drug-likeness (QED) is 0.866. The molecule has 0 fully saturated rings. The summed E-state index contributed by atoms with van der Waals surface area (Å²) in [6.07, 6.45) is 0. The maximum atomic E-state index is 12.4. The number of para-hydroxylation sites is 1. The molecule has 7 heteroatoms. The number of hydrogen-bond donors (Lipinski definition) is 2. The first-order chi connectivity index (χ1) is 9.81. The molecule has 0 saturated carbocycles. The molecule has 2 N–H and O–H groups in total. The van der Waals surface area contributed by atoms with Gasteiger partial charge in [0.15, 0.2) is 0 Å². The fraction of sp³-hybridized carbons (Fsp3) is 0.0714. The highest BCUT2D eigenvalue weighted by Gasteiger charge is 2.20. The number of sulfonamides is 1. The van der Waals surface area contributed by atoms with Gasteiger partial charge in [0.25, 0.3) is 10.0 Å². The number of halogens is 1. The molecule has 0 aliphatic rings. The van der Waals surface area contributed by atoms with Crippen LogP contribution in [0.1, 0.15) is 15.9 Å². The molecule has 110 valence electrons. The van der Waals surface area contributed by atoms with Crippen LogP contribution in [-0.2, 0) is 10.0 Å². The highest BCUT2D eigenvalue weighted by molar-refractivity contribution is 9.10. The van der Waals surface area contributed by atoms with Crippen LogP contribution in [0.25, 0.3) is 0 Å². The SMILES string of the molecule is Cc1ccccc1NS(=O)(=O)c1cc(C(=O)O)ccc1Br. The number of carboxylic acids is 1. The zero-order chi connectivity index (χ0) is 15.6. The van der Waals surface area contributed by atoms with Crippen LogP contribution >= 0.6 is 15.9 Å². The van der Waals surface area contributed by atoms with Crippen LogP contribution in [0.3, 0.4) is 0 Å². The monoisotopic (exact) mass is 369 g/mol. The first-order valence-electron chi connectivity index (χ1n) is 5.92. The second-order valence-corrected chi connectivity index (χ2v) is 6.88. The molecule has 2 aromatic rings. The molecule has 0 atom stereocenters. The van der Waals surface area contributed by atoms with Crippen LogP contribution in [0.15, 0.2) is 51.8 Å². The molecule has 0 heterocycles. The lowest BCUT2D eigenvalue weighted by atomic mass is 10.2. The fourth-order valence-electron chi connectivity index (χ4n) is 1.73. The molecule has 0 saturated heterocycles. The molecule has 2 rings (SSSR count). The number of aryl methyl sites for hydroxylation is 1. The molecule has 0 aliphatic heterocycles. The summed E-state index contributed by atoms with van der Waals surface area (Å²) >= 11 is 3.14. The summed E-state index contributed by atoms with van der Waals surface area (Å²) in [5, 5.41) is 8.97. The van der Waals surface area contributed by atoms with Gasteiger partial charge in [0.1, 0.15) is 4.90 Å². The van der Waals surface area contributed by atoms with E-state index in [1.807, 2.05) is 0 Å². The number of aromatic carboxylic acids is 1. The minimum atomic E-state index is -3.88. The number of anilines is 1. The molecule has 2 aromatic carbocycles. The number of carboxylic acid groups (broad SMARTS) is 1. The first-order valence-corrected chi connectivity index (χ1v) is 8.20. The molecule has 0 amide bonds. The van der Waals surface area contributed by atoms with Crippen molar-refractivity contribution in [1.82, 2.24) is 0 Å². The molecule has 0 aromatic heterocycles. The van der Waals surface area contributed by atoms with Crippen molar-refractivity contribution in [2.45, 2.75) is 11.8 Å². The lowest BCUT2D eigenvalue weighted by Gasteiger charge is -2.12. The zero-order valence-corrected chi connectivity index (χ0v) is 13.4. The average Bonchev–Trinajstić information content (AvgIpc) is 2.41. The number of nitrogens with one attached hydrogen (secondary N) is 1. The molecule has 0 bridgehead atoms. The van der Waals surface area contributed by atoms with Gasteiger partial charge in [0.2, 0.25) is 0 Å². The van der Waals surface area contributed by atoms with E-state index in [1.54, 1.807) is 31.2 Å². The fourth-order valence-corrected chi connectivity index (χ4v) is 3.85. The predicted molar refractivity (Wildman–Crippen MR) is 83.1 cm³/mol. The smallest absolute Gasteiger partial charge is 0.335 e. The summed E-state index contributed by atoms with van der Waals surface area (Å²) in [4.78, 5) is 10.9. The van der Waals surface area contributed by atoms with Crippen molar-refractivity contribution in [2.75, 3.05) is 4.72 Å². The summed E-state index contributed by atoms with van der Waals surface area (Å²) in [7, 11) is -3.88. The molecule has 0 unspecified atom stereocenters. The molecule has 5 nitrogen and oxygen atoms in total. The van der Waals surface area contributed by atoms with E-state index in [0.29, 0.717) is 10.2 Å². The van der Waals surface area contributed by atoms with E-state index in [1.165, 1.54) is 12.1 Å². The van der Waals surface area contributed by atoms with Crippen molar-refractivity contribution in [2.24, 2.45) is 0 Å². The predicted octanol–water partition coefficient (Wildman–Crippen LogP) is 3.26. The van der Waals surface area contributed by atoms with Crippen molar-refractivity contribution in [3.8, 4) is 0 Å². The van der Waals surface area contributed by atoms with E-state index in [4.69, 9.17) is 5.11 Å². The topological polar surface area (TPSA) is 83.5 Å².